The van der Waals surface area contributed by atoms with E-state index in [9.17, 15) is 0 Å². The van der Waals surface area contributed by atoms with Crippen LogP contribution in [0.1, 0.15) is 26.3 Å². The molecule has 3 rings (SSSR count). The highest BCUT2D eigenvalue weighted by molar-refractivity contribution is 5.52. The van der Waals surface area contributed by atoms with E-state index in [1.807, 2.05) is 0 Å². The summed E-state index contributed by atoms with van der Waals surface area (Å²) in [7, 11) is 2.21. The molecule has 18 heavy (non-hydrogen) atoms. The Morgan fingerprint density at radius 1 is 0.944 bits per heavy atom. The molecule has 0 radical (unpaired) electrons. The Morgan fingerprint density at radius 3 is 1.94 bits per heavy atom. The molecule has 2 aliphatic rings. The number of hydrogen-bond acceptors (Lipinski definition) is 2. The molecule has 2 nitrogen and oxygen atoms in total. The van der Waals surface area contributed by atoms with E-state index < -0.39 is 0 Å². The molecule has 2 saturated heterocycles. The van der Waals surface area contributed by atoms with Crippen LogP contribution in [0.15, 0.2) is 24.3 Å². The number of rotatable bonds is 1. The quantitative estimate of drug-likeness (QED) is 0.749. The molecule has 2 fully saturated rings. The van der Waals surface area contributed by atoms with Crippen LogP contribution in [-0.2, 0) is 5.41 Å². The van der Waals surface area contributed by atoms with Crippen LogP contribution in [0.25, 0.3) is 0 Å². The Labute approximate surface area is 111 Å². The topological polar surface area (TPSA) is 6.48 Å². The second-order valence-corrected chi connectivity index (χ2v) is 7.33. The summed E-state index contributed by atoms with van der Waals surface area (Å²) in [4.78, 5) is 4.93. The van der Waals surface area contributed by atoms with Gasteiger partial charge in [-0.15, -0.1) is 0 Å². The van der Waals surface area contributed by atoms with Crippen molar-refractivity contribution >= 4 is 5.69 Å². The molecule has 0 saturated carbocycles. The van der Waals surface area contributed by atoms with Crippen molar-refractivity contribution in [2.45, 2.75) is 26.2 Å². The fourth-order valence-corrected chi connectivity index (χ4v) is 3.42. The van der Waals surface area contributed by atoms with E-state index in [-0.39, 0.29) is 5.41 Å². The van der Waals surface area contributed by atoms with Crippen LogP contribution in [0, 0.1) is 5.41 Å². The Bertz CT molecular complexity index is 427. The fourth-order valence-electron chi connectivity index (χ4n) is 3.42. The molecule has 98 valence electrons. The zero-order chi connectivity index (χ0) is 13.0. The third kappa shape index (κ3) is 1.93. The summed E-state index contributed by atoms with van der Waals surface area (Å²) < 4.78 is 0. The van der Waals surface area contributed by atoms with Crippen molar-refractivity contribution in [3.8, 4) is 0 Å². The molecule has 0 unspecified atom stereocenters. The molecular formula is C16H24N2. The summed E-state index contributed by atoms with van der Waals surface area (Å²) in [5, 5.41) is 0. The molecule has 1 aromatic rings. The standard InChI is InChI=1S/C16H24N2/c1-15(2,3)13-5-7-14(8-6-13)18-11-16(12-18)9-17(4)10-16/h5-8H,9-12H2,1-4H3. The molecule has 0 atom stereocenters. The van der Waals surface area contributed by atoms with Gasteiger partial charge in [0.15, 0.2) is 0 Å². The second-order valence-electron chi connectivity index (χ2n) is 7.33. The van der Waals surface area contributed by atoms with Crippen LogP contribution in [-0.4, -0.2) is 38.1 Å². The third-order valence-corrected chi connectivity index (χ3v) is 4.36. The molecule has 0 aromatic heterocycles. The number of nitrogens with zero attached hydrogens (tertiary/aromatic N) is 2. The van der Waals surface area contributed by atoms with E-state index in [1.54, 1.807) is 0 Å². The summed E-state index contributed by atoms with van der Waals surface area (Å²) in [6.07, 6.45) is 0. The number of benzene rings is 1. The lowest BCUT2D eigenvalue weighted by Crippen LogP contribution is -2.71. The summed E-state index contributed by atoms with van der Waals surface area (Å²) in [6, 6.07) is 9.14. The van der Waals surface area contributed by atoms with Crippen LogP contribution < -0.4 is 4.90 Å². The van der Waals surface area contributed by atoms with Crippen molar-refractivity contribution in [3.63, 3.8) is 0 Å². The highest BCUT2D eigenvalue weighted by atomic mass is 15.3. The minimum absolute atomic E-state index is 0.255. The van der Waals surface area contributed by atoms with Crippen LogP contribution in [0.2, 0.25) is 0 Å². The Morgan fingerprint density at radius 2 is 1.50 bits per heavy atom. The highest BCUT2D eigenvalue weighted by Gasteiger charge is 2.50. The Hall–Kier alpha value is -1.02. The summed E-state index contributed by atoms with van der Waals surface area (Å²) in [5.74, 6) is 0. The average molecular weight is 244 g/mol. The zero-order valence-corrected chi connectivity index (χ0v) is 12.0. The third-order valence-electron chi connectivity index (χ3n) is 4.36. The zero-order valence-electron chi connectivity index (χ0n) is 12.0. The van der Waals surface area contributed by atoms with Gasteiger partial charge >= 0.3 is 0 Å². The van der Waals surface area contributed by atoms with E-state index in [4.69, 9.17) is 0 Å². The first-order chi connectivity index (χ1) is 8.38. The van der Waals surface area contributed by atoms with E-state index >= 15 is 0 Å². The van der Waals surface area contributed by atoms with Crippen molar-refractivity contribution in [1.82, 2.24) is 4.90 Å². The lowest BCUT2D eigenvalue weighted by atomic mass is 9.73. The summed E-state index contributed by atoms with van der Waals surface area (Å²) in [5.41, 5.74) is 3.69. The van der Waals surface area contributed by atoms with Gasteiger partial charge in [-0.2, -0.15) is 0 Å². The number of likely N-dealkylation sites (tertiary alicyclic amines) is 1. The monoisotopic (exact) mass is 244 g/mol. The van der Waals surface area contributed by atoms with Crippen molar-refractivity contribution in [2.24, 2.45) is 5.41 Å². The van der Waals surface area contributed by atoms with Crippen molar-refractivity contribution in [2.75, 3.05) is 38.1 Å². The van der Waals surface area contributed by atoms with Gasteiger partial charge in [0.25, 0.3) is 0 Å². The maximum absolute atomic E-state index is 2.51. The SMILES string of the molecule is CN1CC2(C1)CN(c1ccc(C(C)(C)C)cc1)C2. The number of hydrogen-bond donors (Lipinski definition) is 0. The Balaban J connectivity index is 1.65. The fraction of sp³-hybridized carbons (Fsp3) is 0.625. The van der Waals surface area contributed by atoms with E-state index in [2.05, 4.69) is 61.9 Å². The highest BCUT2D eigenvalue weighted by Crippen LogP contribution is 2.41. The molecule has 2 heteroatoms. The van der Waals surface area contributed by atoms with Crippen LogP contribution in [0.5, 0.6) is 0 Å². The average Bonchev–Trinajstić information content (AvgIpc) is 2.20. The summed E-state index contributed by atoms with van der Waals surface area (Å²) >= 11 is 0. The molecule has 2 heterocycles. The smallest absolute Gasteiger partial charge is 0.0366 e. The predicted molar refractivity (Wildman–Crippen MR) is 77.3 cm³/mol. The van der Waals surface area contributed by atoms with Gasteiger partial charge in [0.2, 0.25) is 0 Å². The predicted octanol–water partition coefficient (Wildman–Crippen LogP) is 2.74. The van der Waals surface area contributed by atoms with E-state index in [1.165, 1.54) is 37.4 Å². The minimum atomic E-state index is 0.255. The van der Waals surface area contributed by atoms with Crippen molar-refractivity contribution in [1.29, 1.82) is 0 Å². The molecule has 1 aromatic carbocycles. The molecule has 0 bridgehead atoms. The van der Waals surface area contributed by atoms with Crippen molar-refractivity contribution < 1.29 is 0 Å². The van der Waals surface area contributed by atoms with Gasteiger partial charge in [0, 0.05) is 37.3 Å². The van der Waals surface area contributed by atoms with Gasteiger partial charge in [0.1, 0.15) is 0 Å². The lowest BCUT2D eigenvalue weighted by Gasteiger charge is -2.60. The molecule has 0 aliphatic carbocycles. The maximum Gasteiger partial charge on any atom is 0.0366 e. The first kappa shape index (κ1) is 12.0. The van der Waals surface area contributed by atoms with Gasteiger partial charge in [-0.3, -0.25) is 0 Å². The van der Waals surface area contributed by atoms with Crippen LogP contribution in [0.3, 0.4) is 0 Å². The molecular weight excluding hydrogens is 220 g/mol. The first-order valence-corrected chi connectivity index (χ1v) is 6.92. The largest absolute Gasteiger partial charge is 0.370 e. The Kier molecular flexibility index (Phi) is 2.50. The number of anilines is 1. The van der Waals surface area contributed by atoms with Gasteiger partial charge in [-0.1, -0.05) is 32.9 Å². The normalized spacial score (nSPS) is 22.8. The molecule has 2 aliphatic heterocycles. The summed E-state index contributed by atoms with van der Waals surface area (Å²) in [6.45, 7) is 11.9. The van der Waals surface area contributed by atoms with E-state index in [0.717, 1.165) is 0 Å². The van der Waals surface area contributed by atoms with Gasteiger partial charge < -0.3 is 9.80 Å². The van der Waals surface area contributed by atoms with Crippen molar-refractivity contribution in [3.05, 3.63) is 29.8 Å². The van der Waals surface area contributed by atoms with Crippen LogP contribution >= 0.6 is 0 Å². The van der Waals surface area contributed by atoms with E-state index in [0.29, 0.717) is 5.41 Å². The lowest BCUT2D eigenvalue weighted by molar-refractivity contribution is -0.00239. The minimum Gasteiger partial charge on any atom is -0.370 e. The van der Waals surface area contributed by atoms with Gasteiger partial charge in [-0.25, -0.2) is 0 Å². The molecule has 1 spiro atoms. The maximum atomic E-state index is 2.51. The van der Waals surface area contributed by atoms with Crippen LogP contribution in [0.4, 0.5) is 5.69 Å². The second kappa shape index (κ2) is 3.74. The molecule has 0 N–H and O–H groups in total. The van der Waals surface area contributed by atoms with Gasteiger partial charge in [0.05, 0.1) is 0 Å². The first-order valence-electron chi connectivity index (χ1n) is 6.92. The van der Waals surface area contributed by atoms with Gasteiger partial charge in [-0.05, 0) is 30.2 Å². The molecule has 0 amide bonds.